The van der Waals surface area contributed by atoms with Crippen LogP contribution in [0.5, 0.6) is 0 Å². The summed E-state index contributed by atoms with van der Waals surface area (Å²) in [5.41, 5.74) is 2.01. The lowest BCUT2D eigenvalue weighted by Gasteiger charge is -2.11. The van der Waals surface area contributed by atoms with Gasteiger partial charge in [-0.15, -0.1) is 0 Å². The Bertz CT molecular complexity index is 785. The van der Waals surface area contributed by atoms with Crippen molar-refractivity contribution < 1.29 is 4.39 Å². The number of benzene rings is 2. The van der Waals surface area contributed by atoms with E-state index < -0.39 is 0 Å². The first kappa shape index (κ1) is 14.1. The summed E-state index contributed by atoms with van der Waals surface area (Å²) in [4.78, 5) is 4.35. The maximum atomic E-state index is 13.7. The smallest absolute Gasteiger partial charge is 0.147 e. The van der Waals surface area contributed by atoms with Crippen LogP contribution in [0.2, 0.25) is 10.0 Å². The second kappa shape index (κ2) is 5.88. The van der Waals surface area contributed by atoms with Crippen molar-refractivity contribution in [1.29, 1.82) is 0 Å². The molecule has 0 fully saturated rings. The molecule has 0 spiro atoms. The van der Waals surface area contributed by atoms with E-state index in [0.717, 1.165) is 16.5 Å². The Labute approximate surface area is 131 Å². The Balaban J connectivity index is 1.94. The molecule has 5 heteroatoms. The number of para-hydroxylation sites is 1. The van der Waals surface area contributed by atoms with E-state index in [1.165, 1.54) is 6.07 Å². The third-order valence-corrected chi connectivity index (χ3v) is 3.86. The highest BCUT2D eigenvalue weighted by Crippen LogP contribution is 2.28. The first-order valence-corrected chi connectivity index (χ1v) is 7.12. The van der Waals surface area contributed by atoms with Crippen LogP contribution in [0, 0.1) is 5.82 Å². The van der Waals surface area contributed by atoms with Crippen LogP contribution < -0.4 is 5.32 Å². The van der Waals surface area contributed by atoms with Gasteiger partial charge < -0.3 is 5.32 Å². The summed E-state index contributed by atoms with van der Waals surface area (Å²) in [7, 11) is 0. The monoisotopic (exact) mass is 320 g/mol. The van der Waals surface area contributed by atoms with Crippen LogP contribution in [-0.2, 0) is 6.54 Å². The van der Waals surface area contributed by atoms with E-state index in [0.29, 0.717) is 16.6 Å². The molecular formula is C16H11Cl2FN2. The third kappa shape index (κ3) is 2.80. The van der Waals surface area contributed by atoms with Crippen molar-refractivity contribution in [1.82, 2.24) is 4.98 Å². The first-order valence-electron chi connectivity index (χ1n) is 6.37. The van der Waals surface area contributed by atoms with Crippen molar-refractivity contribution in [3.05, 3.63) is 70.1 Å². The topological polar surface area (TPSA) is 24.9 Å². The number of anilines is 1. The lowest BCUT2D eigenvalue weighted by molar-refractivity contribution is 0.630. The Morgan fingerprint density at radius 2 is 1.86 bits per heavy atom. The summed E-state index contributed by atoms with van der Waals surface area (Å²) in [6, 6.07) is 12.0. The average molecular weight is 321 g/mol. The molecule has 0 aliphatic carbocycles. The number of fused-ring (bicyclic) bond motifs is 1. The molecule has 2 nitrogen and oxygen atoms in total. The van der Waals surface area contributed by atoms with Gasteiger partial charge in [0, 0.05) is 23.2 Å². The summed E-state index contributed by atoms with van der Waals surface area (Å²) in [5, 5.41) is 4.88. The van der Waals surface area contributed by atoms with E-state index in [9.17, 15) is 4.39 Å². The zero-order valence-electron chi connectivity index (χ0n) is 10.9. The van der Waals surface area contributed by atoms with Gasteiger partial charge in [0.05, 0.1) is 16.2 Å². The van der Waals surface area contributed by atoms with Gasteiger partial charge in [-0.05, 0) is 35.9 Å². The molecule has 0 unspecified atom stereocenters. The summed E-state index contributed by atoms with van der Waals surface area (Å²) < 4.78 is 13.7. The molecule has 2 aromatic carbocycles. The van der Waals surface area contributed by atoms with Crippen LogP contribution in [0.25, 0.3) is 10.9 Å². The molecule has 0 saturated carbocycles. The molecule has 3 aromatic rings. The second-order valence-electron chi connectivity index (χ2n) is 4.56. The fraction of sp³-hybridized carbons (Fsp3) is 0.0625. The Morgan fingerprint density at radius 1 is 1.00 bits per heavy atom. The molecule has 0 aliphatic heterocycles. The quantitative estimate of drug-likeness (QED) is 0.709. The van der Waals surface area contributed by atoms with E-state index in [2.05, 4.69) is 10.3 Å². The van der Waals surface area contributed by atoms with E-state index in [4.69, 9.17) is 23.2 Å². The first-order chi connectivity index (χ1) is 10.2. The molecule has 0 bridgehead atoms. The minimum absolute atomic E-state index is 0.290. The minimum atomic E-state index is -0.381. The maximum Gasteiger partial charge on any atom is 0.147 e. The molecule has 0 saturated heterocycles. The summed E-state index contributed by atoms with van der Waals surface area (Å²) in [6.07, 6.45) is 1.71. The van der Waals surface area contributed by atoms with Gasteiger partial charge in [-0.1, -0.05) is 35.3 Å². The molecule has 0 aliphatic rings. The minimum Gasteiger partial charge on any atom is -0.377 e. The van der Waals surface area contributed by atoms with Crippen molar-refractivity contribution in [2.45, 2.75) is 6.54 Å². The lowest BCUT2D eigenvalue weighted by atomic mass is 10.1. The highest BCUT2D eigenvalue weighted by Gasteiger charge is 2.09. The summed E-state index contributed by atoms with van der Waals surface area (Å²) >= 11 is 12.2. The zero-order valence-corrected chi connectivity index (χ0v) is 12.4. The predicted molar refractivity (Wildman–Crippen MR) is 85.5 cm³/mol. The van der Waals surface area contributed by atoms with Crippen molar-refractivity contribution in [2.75, 3.05) is 5.32 Å². The molecule has 1 aromatic heterocycles. The van der Waals surface area contributed by atoms with Gasteiger partial charge in [0.2, 0.25) is 0 Å². The predicted octanol–water partition coefficient (Wildman–Crippen LogP) is 5.29. The van der Waals surface area contributed by atoms with Gasteiger partial charge in [-0.25, -0.2) is 4.39 Å². The number of halogens is 3. The molecule has 21 heavy (non-hydrogen) atoms. The van der Waals surface area contributed by atoms with Gasteiger partial charge in [0.15, 0.2) is 0 Å². The van der Waals surface area contributed by atoms with Crippen LogP contribution >= 0.6 is 23.2 Å². The molecule has 3 rings (SSSR count). The van der Waals surface area contributed by atoms with E-state index in [1.807, 2.05) is 24.3 Å². The summed E-state index contributed by atoms with van der Waals surface area (Å²) in [6.45, 7) is 0.408. The number of hydrogen-bond acceptors (Lipinski definition) is 2. The molecular weight excluding hydrogens is 310 g/mol. The summed E-state index contributed by atoms with van der Waals surface area (Å²) in [5.74, 6) is -0.381. The number of rotatable bonds is 3. The highest BCUT2D eigenvalue weighted by atomic mass is 35.5. The zero-order chi connectivity index (χ0) is 14.8. The normalized spacial score (nSPS) is 10.8. The van der Waals surface area contributed by atoms with Crippen molar-refractivity contribution >= 4 is 39.8 Å². The third-order valence-electron chi connectivity index (χ3n) is 3.22. The fourth-order valence-corrected chi connectivity index (χ4v) is 2.63. The molecule has 106 valence electrons. The van der Waals surface area contributed by atoms with E-state index in [-0.39, 0.29) is 11.5 Å². The molecule has 0 atom stereocenters. The van der Waals surface area contributed by atoms with Crippen LogP contribution in [0.15, 0.2) is 48.7 Å². The van der Waals surface area contributed by atoms with Crippen molar-refractivity contribution in [3.63, 3.8) is 0 Å². The van der Waals surface area contributed by atoms with Gasteiger partial charge >= 0.3 is 0 Å². The SMILES string of the molecule is Fc1cccc(Cl)c1NCc1ccc(Cl)c2cccnc12. The van der Waals surface area contributed by atoms with Crippen LogP contribution in [0.4, 0.5) is 10.1 Å². The van der Waals surface area contributed by atoms with Gasteiger partial charge in [0.25, 0.3) is 0 Å². The van der Waals surface area contributed by atoms with Gasteiger partial charge in [0.1, 0.15) is 5.82 Å². The van der Waals surface area contributed by atoms with E-state index >= 15 is 0 Å². The van der Waals surface area contributed by atoms with Crippen molar-refractivity contribution in [2.24, 2.45) is 0 Å². The molecule has 1 N–H and O–H groups in total. The lowest BCUT2D eigenvalue weighted by Crippen LogP contribution is -2.03. The fourth-order valence-electron chi connectivity index (χ4n) is 2.19. The number of hydrogen-bond donors (Lipinski definition) is 1. The molecule has 0 radical (unpaired) electrons. The van der Waals surface area contributed by atoms with Crippen molar-refractivity contribution in [3.8, 4) is 0 Å². The van der Waals surface area contributed by atoms with E-state index in [1.54, 1.807) is 18.3 Å². The Morgan fingerprint density at radius 3 is 2.67 bits per heavy atom. The van der Waals surface area contributed by atoms with Gasteiger partial charge in [-0.3, -0.25) is 4.98 Å². The number of pyridine rings is 1. The Hall–Kier alpha value is -1.84. The standard InChI is InChI=1S/C16H11Cl2FN2/c17-12-7-6-10(15-11(12)3-2-8-20-15)9-21-16-13(18)4-1-5-14(16)19/h1-8,21H,9H2. The molecule has 0 amide bonds. The number of nitrogens with zero attached hydrogens (tertiary/aromatic N) is 1. The maximum absolute atomic E-state index is 13.7. The molecule has 1 heterocycles. The second-order valence-corrected chi connectivity index (χ2v) is 5.37. The van der Waals surface area contributed by atoms with Crippen LogP contribution in [0.3, 0.4) is 0 Å². The largest absolute Gasteiger partial charge is 0.377 e. The number of nitrogens with one attached hydrogen (secondary N) is 1. The van der Waals surface area contributed by atoms with Crippen LogP contribution in [0.1, 0.15) is 5.56 Å². The Kier molecular flexibility index (Phi) is 3.95. The highest BCUT2D eigenvalue weighted by molar-refractivity contribution is 6.35. The number of aromatic nitrogens is 1. The average Bonchev–Trinajstić information content (AvgIpc) is 2.49. The van der Waals surface area contributed by atoms with Crippen LogP contribution in [-0.4, -0.2) is 4.98 Å². The van der Waals surface area contributed by atoms with Gasteiger partial charge in [-0.2, -0.15) is 0 Å².